The van der Waals surface area contributed by atoms with E-state index in [0.29, 0.717) is 25.4 Å². The first-order valence-electron chi connectivity index (χ1n) is 6.61. The van der Waals surface area contributed by atoms with Crippen molar-refractivity contribution in [2.45, 2.75) is 18.9 Å². The highest BCUT2D eigenvalue weighted by atomic mass is 16.6. The highest BCUT2D eigenvalue weighted by molar-refractivity contribution is 5.92. The number of ether oxygens (including phenoxy) is 3. The monoisotopic (exact) mass is 275 g/mol. The predicted molar refractivity (Wildman–Crippen MR) is 71.5 cm³/mol. The Hall–Kier alpha value is -1.90. The largest absolute Gasteiger partial charge is 0.494 e. The smallest absolute Gasteiger partial charge is 0.185 e. The van der Waals surface area contributed by atoms with E-state index in [-0.39, 0.29) is 12.4 Å². The molecule has 1 saturated heterocycles. The van der Waals surface area contributed by atoms with E-state index in [2.05, 4.69) is 0 Å². The predicted octanol–water partition coefficient (Wildman–Crippen LogP) is 1.68. The number of benzene rings is 1. The molecule has 1 aromatic carbocycles. The Morgan fingerprint density at radius 3 is 2.75 bits per heavy atom. The van der Waals surface area contributed by atoms with Gasteiger partial charge in [-0.1, -0.05) is 12.1 Å². The normalized spacial score (nSPS) is 19.9. The van der Waals surface area contributed by atoms with Crippen molar-refractivity contribution in [2.24, 2.45) is 0 Å². The maximum atomic E-state index is 12.3. The zero-order valence-corrected chi connectivity index (χ0v) is 11.4. The number of ketones is 1. The van der Waals surface area contributed by atoms with E-state index in [4.69, 9.17) is 14.2 Å². The molecule has 0 saturated carbocycles. The molecule has 0 aromatic heterocycles. The van der Waals surface area contributed by atoms with Crippen molar-refractivity contribution in [1.29, 1.82) is 5.26 Å². The van der Waals surface area contributed by atoms with Gasteiger partial charge in [0.15, 0.2) is 5.78 Å². The maximum Gasteiger partial charge on any atom is 0.185 e. The second-order valence-electron chi connectivity index (χ2n) is 4.40. The van der Waals surface area contributed by atoms with Gasteiger partial charge in [-0.2, -0.15) is 5.26 Å². The van der Waals surface area contributed by atoms with Gasteiger partial charge >= 0.3 is 0 Å². The van der Waals surface area contributed by atoms with Crippen molar-refractivity contribution < 1.29 is 19.0 Å². The van der Waals surface area contributed by atoms with E-state index in [0.717, 1.165) is 5.75 Å². The van der Waals surface area contributed by atoms with Crippen LogP contribution in [0.1, 0.15) is 18.4 Å². The average Bonchev–Trinajstić information content (AvgIpc) is 2.51. The number of hydrogen-bond donors (Lipinski definition) is 0. The molecular weight excluding hydrogens is 258 g/mol. The highest BCUT2D eigenvalue weighted by Gasteiger charge is 2.30. The van der Waals surface area contributed by atoms with Gasteiger partial charge in [-0.3, -0.25) is 4.79 Å². The molecule has 2 atom stereocenters. The Morgan fingerprint density at radius 1 is 1.45 bits per heavy atom. The van der Waals surface area contributed by atoms with E-state index >= 15 is 0 Å². The summed E-state index contributed by atoms with van der Waals surface area (Å²) in [7, 11) is 0. The molecule has 1 aliphatic heterocycles. The summed E-state index contributed by atoms with van der Waals surface area (Å²) in [5.74, 6) is -0.369. The minimum Gasteiger partial charge on any atom is -0.494 e. The van der Waals surface area contributed by atoms with Gasteiger partial charge in [0.25, 0.3) is 0 Å². The summed E-state index contributed by atoms with van der Waals surface area (Å²) in [6.45, 7) is 3.57. The first-order valence-corrected chi connectivity index (χ1v) is 6.61. The van der Waals surface area contributed by atoms with Crippen LogP contribution in [-0.2, 0) is 14.3 Å². The fourth-order valence-electron chi connectivity index (χ4n) is 2.06. The van der Waals surface area contributed by atoms with E-state index in [1.807, 2.05) is 13.0 Å². The van der Waals surface area contributed by atoms with Gasteiger partial charge in [-0.15, -0.1) is 0 Å². The molecule has 0 N–H and O–H groups in total. The molecule has 2 rings (SSSR count). The molecule has 106 valence electrons. The third kappa shape index (κ3) is 3.35. The van der Waals surface area contributed by atoms with Crippen LogP contribution in [-0.4, -0.2) is 38.3 Å². The lowest BCUT2D eigenvalue weighted by molar-refractivity contribution is -0.145. The van der Waals surface area contributed by atoms with Gasteiger partial charge in [0, 0.05) is 0 Å². The van der Waals surface area contributed by atoms with E-state index in [9.17, 15) is 10.1 Å². The zero-order chi connectivity index (χ0) is 14.4. The van der Waals surface area contributed by atoms with Crippen LogP contribution < -0.4 is 4.74 Å². The van der Waals surface area contributed by atoms with Crippen LogP contribution in [0.3, 0.4) is 0 Å². The Balaban J connectivity index is 2.10. The number of carbonyl (C=O) groups excluding carboxylic acids is 1. The SMILES string of the molecule is CCOc1ccc(C(C#N)C(=O)C2COCCO2)cc1. The molecule has 0 amide bonds. The number of hydrogen-bond acceptors (Lipinski definition) is 5. The first-order chi connectivity index (χ1) is 9.76. The molecule has 1 aliphatic rings. The van der Waals surface area contributed by atoms with Crippen molar-refractivity contribution in [3.63, 3.8) is 0 Å². The number of Topliss-reactive ketones (excluding diaryl/α,β-unsaturated/α-hetero) is 1. The standard InChI is InChI=1S/C15H17NO4/c1-2-19-12-5-3-11(4-6-12)13(9-16)15(17)14-10-18-7-8-20-14/h3-6,13-14H,2,7-8,10H2,1H3. The molecule has 0 spiro atoms. The summed E-state index contributed by atoms with van der Waals surface area (Å²) >= 11 is 0. The quantitative estimate of drug-likeness (QED) is 0.817. The van der Waals surface area contributed by atoms with Crippen LogP contribution >= 0.6 is 0 Å². The highest BCUT2D eigenvalue weighted by Crippen LogP contribution is 2.22. The number of nitrogens with zero attached hydrogens (tertiary/aromatic N) is 1. The summed E-state index contributed by atoms with van der Waals surface area (Å²) in [4.78, 5) is 12.3. The number of rotatable bonds is 5. The summed E-state index contributed by atoms with van der Waals surface area (Å²) in [6, 6.07) is 9.03. The number of nitriles is 1. The Labute approximate surface area is 118 Å². The fourth-order valence-corrected chi connectivity index (χ4v) is 2.06. The Morgan fingerprint density at radius 2 is 2.20 bits per heavy atom. The molecule has 0 aliphatic carbocycles. The maximum absolute atomic E-state index is 12.3. The van der Waals surface area contributed by atoms with Crippen molar-refractivity contribution in [3.8, 4) is 11.8 Å². The first kappa shape index (κ1) is 14.5. The van der Waals surface area contributed by atoms with Crippen LogP contribution in [0, 0.1) is 11.3 Å². The third-order valence-corrected chi connectivity index (χ3v) is 3.07. The van der Waals surface area contributed by atoms with Gasteiger partial charge in [-0.05, 0) is 24.6 Å². The van der Waals surface area contributed by atoms with Gasteiger partial charge in [0.1, 0.15) is 17.8 Å². The van der Waals surface area contributed by atoms with Gasteiger partial charge in [-0.25, -0.2) is 0 Å². The van der Waals surface area contributed by atoms with Gasteiger partial charge in [0.2, 0.25) is 0 Å². The second-order valence-corrected chi connectivity index (χ2v) is 4.40. The van der Waals surface area contributed by atoms with Crippen molar-refractivity contribution in [1.82, 2.24) is 0 Å². The Bertz CT molecular complexity index is 486. The van der Waals surface area contributed by atoms with Crippen LogP contribution in [0.4, 0.5) is 0 Å². The minimum atomic E-state index is -0.836. The van der Waals surface area contributed by atoms with Gasteiger partial charge < -0.3 is 14.2 Å². The molecule has 5 nitrogen and oxygen atoms in total. The summed E-state index contributed by atoms with van der Waals surface area (Å²) < 4.78 is 15.9. The lowest BCUT2D eigenvalue weighted by atomic mass is 9.93. The van der Waals surface area contributed by atoms with E-state index in [1.165, 1.54) is 0 Å². The number of carbonyl (C=O) groups is 1. The molecule has 2 unspecified atom stereocenters. The van der Waals surface area contributed by atoms with Crippen LogP contribution in [0.2, 0.25) is 0 Å². The lowest BCUT2D eigenvalue weighted by Crippen LogP contribution is -2.38. The van der Waals surface area contributed by atoms with Crippen molar-refractivity contribution in [2.75, 3.05) is 26.4 Å². The molecule has 1 fully saturated rings. The van der Waals surface area contributed by atoms with E-state index in [1.54, 1.807) is 24.3 Å². The van der Waals surface area contributed by atoms with E-state index < -0.39 is 12.0 Å². The lowest BCUT2D eigenvalue weighted by Gasteiger charge is -2.23. The summed E-state index contributed by atoms with van der Waals surface area (Å²) in [5, 5.41) is 9.25. The second kappa shape index (κ2) is 7.04. The third-order valence-electron chi connectivity index (χ3n) is 3.07. The van der Waals surface area contributed by atoms with Crippen molar-refractivity contribution >= 4 is 5.78 Å². The fraction of sp³-hybridized carbons (Fsp3) is 0.467. The van der Waals surface area contributed by atoms with Crippen molar-refractivity contribution in [3.05, 3.63) is 29.8 Å². The summed E-state index contributed by atoms with van der Waals surface area (Å²) in [5.41, 5.74) is 0.648. The zero-order valence-electron chi connectivity index (χ0n) is 11.4. The van der Waals surface area contributed by atoms with Crippen LogP contribution in [0.25, 0.3) is 0 Å². The molecular formula is C15H17NO4. The summed E-state index contributed by atoms with van der Waals surface area (Å²) in [6.07, 6.45) is -0.653. The minimum absolute atomic E-state index is 0.216. The van der Waals surface area contributed by atoms with Crippen LogP contribution in [0.15, 0.2) is 24.3 Å². The molecule has 0 radical (unpaired) electrons. The topological polar surface area (TPSA) is 68.5 Å². The molecule has 5 heteroatoms. The molecule has 0 bridgehead atoms. The molecule has 1 heterocycles. The average molecular weight is 275 g/mol. The van der Waals surface area contributed by atoms with Gasteiger partial charge in [0.05, 0.1) is 32.5 Å². The Kier molecular flexibility index (Phi) is 5.10. The molecule has 1 aromatic rings. The van der Waals surface area contributed by atoms with Crippen LogP contribution in [0.5, 0.6) is 5.75 Å². The molecule has 20 heavy (non-hydrogen) atoms.